The van der Waals surface area contributed by atoms with Gasteiger partial charge in [-0.2, -0.15) is 0 Å². The molecule has 0 aliphatic rings. The highest BCUT2D eigenvalue weighted by molar-refractivity contribution is 6.07. The number of rotatable bonds is 8. The van der Waals surface area contributed by atoms with Crippen LogP contribution in [0.1, 0.15) is 36.8 Å². The van der Waals surface area contributed by atoms with E-state index >= 15 is 0 Å². The van der Waals surface area contributed by atoms with Crippen LogP contribution in [-0.4, -0.2) is 30.3 Å². The molecule has 2 atom stereocenters. The van der Waals surface area contributed by atoms with E-state index in [9.17, 15) is 15.4 Å². The SMILES string of the molecule is CC(C(=NO)C(C)c1c(-c2ccccc2)n(-c2ccc(O)cc2)c2ccccc12)c1c(-c2ccccc2)n(-c2ccc(O)cc2)c2ccccc12. The summed E-state index contributed by atoms with van der Waals surface area (Å²) < 4.78 is 4.48. The molecule has 0 aliphatic heterocycles. The zero-order valence-electron chi connectivity index (χ0n) is 28.3. The molecule has 0 saturated carbocycles. The van der Waals surface area contributed by atoms with E-state index in [0.29, 0.717) is 5.71 Å². The molecule has 0 aliphatic carbocycles. The molecule has 0 amide bonds. The lowest BCUT2D eigenvalue weighted by molar-refractivity contribution is 0.314. The largest absolute Gasteiger partial charge is 0.508 e. The number of phenols is 2. The van der Waals surface area contributed by atoms with Crippen molar-refractivity contribution in [1.29, 1.82) is 0 Å². The molecule has 2 heterocycles. The minimum absolute atomic E-state index is 0.203. The summed E-state index contributed by atoms with van der Waals surface area (Å²) in [6.45, 7) is 4.25. The second kappa shape index (κ2) is 13.1. The number of para-hydroxylation sites is 2. The summed E-state index contributed by atoms with van der Waals surface area (Å²) >= 11 is 0. The topological polar surface area (TPSA) is 82.9 Å². The molecule has 6 aromatic carbocycles. The molecule has 6 heteroatoms. The van der Waals surface area contributed by atoms with Crippen LogP contribution in [-0.2, 0) is 0 Å². The Balaban J connectivity index is 1.38. The number of nitrogens with zero attached hydrogens (tertiary/aromatic N) is 3. The molecule has 0 saturated heterocycles. The van der Waals surface area contributed by atoms with E-state index in [1.807, 2.05) is 84.9 Å². The van der Waals surface area contributed by atoms with Crippen molar-refractivity contribution in [3.63, 3.8) is 0 Å². The number of aromatic hydroxyl groups is 2. The summed E-state index contributed by atoms with van der Waals surface area (Å²) in [5, 5.41) is 37.7. The summed E-state index contributed by atoms with van der Waals surface area (Å²) in [7, 11) is 0. The first-order chi connectivity index (χ1) is 25.0. The number of fused-ring (bicyclic) bond motifs is 2. The second-order valence-corrected chi connectivity index (χ2v) is 13.0. The van der Waals surface area contributed by atoms with Crippen molar-refractivity contribution in [3.8, 4) is 45.4 Å². The number of hydrogen-bond donors (Lipinski definition) is 3. The van der Waals surface area contributed by atoms with Gasteiger partial charge in [-0.1, -0.05) is 116 Å². The van der Waals surface area contributed by atoms with Crippen LogP contribution < -0.4 is 0 Å². The van der Waals surface area contributed by atoms with Crippen LogP contribution in [0, 0.1) is 0 Å². The third-order valence-electron chi connectivity index (χ3n) is 10.0. The minimum atomic E-state index is -0.317. The quantitative estimate of drug-likeness (QED) is 0.0857. The summed E-state index contributed by atoms with van der Waals surface area (Å²) in [5.41, 5.74) is 10.7. The second-order valence-electron chi connectivity index (χ2n) is 13.0. The maximum Gasteiger partial charge on any atom is 0.115 e. The Labute approximate surface area is 296 Å². The van der Waals surface area contributed by atoms with E-state index < -0.39 is 0 Å². The third-order valence-corrected chi connectivity index (χ3v) is 10.0. The minimum Gasteiger partial charge on any atom is -0.508 e. The van der Waals surface area contributed by atoms with Gasteiger partial charge in [0.05, 0.1) is 28.1 Å². The molecule has 8 rings (SSSR count). The highest BCUT2D eigenvalue weighted by Gasteiger charge is 2.33. The molecule has 0 bridgehead atoms. The zero-order chi connectivity index (χ0) is 35.1. The molecule has 51 heavy (non-hydrogen) atoms. The van der Waals surface area contributed by atoms with Gasteiger partial charge in [-0.25, -0.2) is 0 Å². The van der Waals surface area contributed by atoms with Crippen LogP contribution in [0.5, 0.6) is 11.5 Å². The summed E-state index contributed by atoms with van der Waals surface area (Å²) in [6.07, 6.45) is 0. The zero-order valence-corrected chi connectivity index (χ0v) is 28.3. The van der Waals surface area contributed by atoms with Crippen LogP contribution in [0.2, 0.25) is 0 Å². The van der Waals surface area contributed by atoms with Crippen molar-refractivity contribution < 1.29 is 15.4 Å². The van der Waals surface area contributed by atoms with Crippen molar-refractivity contribution in [1.82, 2.24) is 9.13 Å². The lowest BCUT2D eigenvalue weighted by Gasteiger charge is -2.23. The van der Waals surface area contributed by atoms with Crippen molar-refractivity contribution in [2.75, 3.05) is 0 Å². The first-order valence-electron chi connectivity index (χ1n) is 17.1. The Hall–Kier alpha value is -6.53. The Morgan fingerprint density at radius 2 is 0.824 bits per heavy atom. The molecule has 3 N–H and O–H groups in total. The fourth-order valence-electron chi connectivity index (χ4n) is 7.75. The molecular formula is C45H37N3O3. The molecule has 0 radical (unpaired) electrons. The first-order valence-corrected chi connectivity index (χ1v) is 17.1. The van der Waals surface area contributed by atoms with E-state index in [-0.39, 0.29) is 23.3 Å². The summed E-state index contributed by atoms with van der Waals surface area (Å²) in [6, 6.07) is 51.8. The standard InChI is InChI=1S/C45H37N3O3/c1-29(41-37-17-9-11-19-39(37)47(33-21-25-35(49)26-22-33)44(41)31-13-5-3-6-14-31)43(46-51)30(2)42-38-18-10-12-20-40(38)48(34-23-27-36(50)28-24-34)45(42)32-15-7-4-8-16-32/h3-30,49-51H,1-2H3. The average molecular weight is 668 g/mol. The van der Waals surface area contributed by atoms with E-state index in [0.717, 1.165) is 66.8 Å². The normalized spacial score (nSPS) is 12.6. The van der Waals surface area contributed by atoms with Crippen molar-refractivity contribution >= 4 is 27.5 Å². The summed E-state index contributed by atoms with van der Waals surface area (Å²) in [5.74, 6) is -0.227. The molecule has 2 aromatic heterocycles. The molecule has 0 spiro atoms. The first kappa shape index (κ1) is 31.7. The lowest BCUT2D eigenvalue weighted by atomic mass is 9.81. The van der Waals surface area contributed by atoms with Gasteiger partial charge in [0.15, 0.2) is 0 Å². The molecule has 0 fully saturated rings. The fraction of sp³-hybridized carbons (Fsp3) is 0.0889. The lowest BCUT2D eigenvalue weighted by Crippen LogP contribution is -2.18. The highest BCUT2D eigenvalue weighted by atomic mass is 16.4. The van der Waals surface area contributed by atoms with Gasteiger partial charge in [0.25, 0.3) is 0 Å². The van der Waals surface area contributed by atoms with E-state index in [1.165, 1.54) is 0 Å². The third kappa shape index (κ3) is 5.42. The smallest absolute Gasteiger partial charge is 0.115 e. The van der Waals surface area contributed by atoms with Gasteiger partial charge >= 0.3 is 0 Å². The van der Waals surface area contributed by atoms with E-state index in [2.05, 4.69) is 76.7 Å². The van der Waals surface area contributed by atoms with Gasteiger partial charge in [0, 0.05) is 34.0 Å². The van der Waals surface area contributed by atoms with Crippen LogP contribution in [0.4, 0.5) is 0 Å². The molecule has 250 valence electrons. The molecule has 6 nitrogen and oxygen atoms in total. The molecule has 2 unspecified atom stereocenters. The predicted molar refractivity (Wildman–Crippen MR) is 207 cm³/mol. The Bertz CT molecular complexity index is 2340. The van der Waals surface area contributed by atoms with E-state index in [1.54, 1.807) is 24.3 Å². The van der Waals surface area contributed by atoms with Gasteiger partial charge in [0.2, 0.25) is 0 Å². The van der Waals surface area contributed by atoms with Crippen LogP contribution in [0.15, 0.2) is 163 Å². The van der Waals surface area contributed by atoms with Crippen molar-refractivity contribution in [3.05, 3.63) is 169 Å². The number of benzene rings is 6. The number of phenolic OH excluding ortho intramolecular Hbond substituents is 2. The van der Waals surface area contributed by atoms with Gasteiger partial charge in [-0.15, -0.1) is 0 Å². The van der Waals surface area contributed by atoms with Gasteiger partial charge in [-0.3, -0.25) is 0 Å². The Kier molecular flexibility index (Phi) is 8.13. The van der Waals surface area contributed by atoms with Crippen molar-refractivity contribution in [2.45, 2.75) is 25.7 Å². The van der Waals surface area contributed by atoms with Gasteiger partial charge in [0.1, 0.15) is 11.5 Å². The van der Waals surface area contributed by atoms with E-state index in [4.69, 9.17) is 0 Å². The number of hydrogen-bond acceptors (Lipinski definition) is 4. The average Bonchev–Trinajstić information content (AvgIpc) is 3.70. The van der Waals surface area contributed by atoms with Gasteiger partial charge < -0.3 is 24.6 Å². The van der Waals surface area contributed by atoms with Gasteiger partial charge in [-0.05, 0) is 82.9 Å². The maximum absolute atomic E-state index is 11.1. The number of oxime groups is 1. The Morgan fingerprint density at radius 1 is 0.471 bits per heavy atom. The summed E-state index contributed by atoms with van der Waals surface area (Å²) in [4.78, 5) is 0. The molecular weight excluding hydrogens is 631 g/mol. The number of aromatic nitrogens is 2. The predicted octanol–water partition coefficient (Wildman–Crippen LogP) is 11.1. The highest BCUT2D eigenvalue weighted by Crippen LogP contribution is 2.46. The monoisotopic (exact) mass is 667 g/mol. The van der Waals surface area contributed by atoms with Crippen LogP contribution in [0.3, 0.4) is 0 Å². The molecule has 8 aromatic rings. The fourth-order valence-corrected chi connectivity index (χ4v) is 7.75. The van der Waals surface area contributed by atoms with Crippen LogP contribution >= 0.6 is 0 Å². The maximum atomic E-state index is 11.1. The Morgan fingerprint density at radius 3 is 1.20 bits per heavy atom. The van der Waals surface area contributed by atoms with Crippen LogP contribution in [0.25, 0.3) is 55.7 Å². The van der Waals surface area contributed by atoms with Crippen molar-refractivity contribution in [2.24, 2.45) is 5.16 Å².